The van der Waals surface area contributed by atoms with E-state index >= 15 is 0 Å². The molecule has 26 heavy (non-hydrogen) atoms. The molecule has 2 atom stereocenters. The number of carbonyl (C=O) groups is 1. The van der Waals surface area contributed by atoms with Crippen LogP contribution in [0.1, 0.15) is 56.9 Å². The molecule has 1 aromatic carbocycles. The summed E-state index contributed by atoms with van der Waals surface area (Å²) in [5, 5.41) is 10.9. The minimum Gasteiger partial charge on any atom is -0.493 e. The van der Waals surface area contributed by atoms with Crippen LogP contribution in [0.2, 0.25) is 10.0 Å². The van der Waals surface area contributed by atoms with Crippen molar-refractivity contribution in [2.45, 2.75) is 70.0 Å². The Bertz CT molecular complexity index is 628. The molecule has 2 fully saturated rings. The molecule has 1 heterocycles. The van der Waals surface area contributed by atoms with Crippen molar-refractivity contribution in [3.8, 4) is 5.75 Å². The Morgan fingerprint density at radius 2 is 1.96 bits per heavy atom. The van der Waals surface area contributed by atoms with Crippen LogP contribution in [0.4, 0.5) is 0 Å². The minimum absolute atomic E-state index is 0.0773. The highest BCUT2D eigenvalue weighted by molar-refractivity contribution is 6.35. The summed E-state index contributed by atoms with van der Waals surface area (Å²) < 4.78 is 11.4. The van der Waals surface area contributed by atoms with Gasteiger partial charge in [-0.25, -0.2) is 0 Å². The standard InChI is InChI=1S/C20H26Cl2O4/c21-14-8-18(22)17(7-6-16-10-15(23)11-20(24)26-16)19(9-14)25-12-13-4-2-1-3-5-13/h8-9,13,15-16,23H,1-7,10-12H2/t15-,16?/m1/s1. The van der Waals surface area contributed by atoms with Crippen molar-refractivity contribution in [2.75, 3.05) is 6.61 Å². The zero-order chi connectivity index (χ0) is 18.5. The molecule has 1 saturated heterocycles. The van der Waals surface area contributed by atoms with Crippen LogP contribution in [0.25, 0.3) is 0 Å². The van der Waals surface area contributed by atoms with E-state index in [-0.39, 0.29) is 18.5 Å². The number of aliphatic hydroxyl groups excluding tert-OH is 1. The van der Waals surface area contributed by atoms with Crippen LogP contribution in [-0.4, -0.2) is 29.9 Å². The first kappa shape index (κ1) is 19.8. The van der Waals surface area contributed by atoms with Crippen molar-refractivity contribution in [1.82, 2.24) is 0 Å². The van der Waals surface area contributed by atoms with Gasteiger partial charge in [0, 0.05) is 22.0 Å². The van der Waals surface area contributed by atoms with Gasteiger partial charge in [-0.2, -0.15) is 0 Å². The van der Waals surface area contributed by atoms with Crippen molar-refractivity contribution >= 4 is 29.2 Å². The molecule has 1 aromatic rings. The van der Waals surface area contributed by atoms with Crippen LogP contribution in [0.15, 0.2) is 12.1 Å². The first-order chi connectivity index (χ1) is 12.5. The van der Waals surface area contributed by atoms with Gasteiger partial charge in [0.25, 0.3) is 0 Å². The van der Waals surface area contributed by atoms with Crippen LogP contribution in [0, 0.1) is 5.92 Å². The Morgan fingerprint density at radius 3 is 2.69 bits per heavy atom. The maximum atomic E-state index is 11.5. The molecular formula is C20H26Cl2O4. The summed E-state index contributed by atoms with van der Waals surface area (Å²) >= 11 is 12.6. The van der Waals surface area contributed by atoms with Crippen LogP contribution < -0.4 is 4.74 Å². The molecule has 0 amide bonds. The number of benzene rings is 1. The monoisotopic (exact) mass is 400 g/mol. The highest BCUT2D eigenvalue weighted by Crippen LogP contribution is 2.34. The minimum atomic E-state index is -0.621. The van der Waals surface area contributed by atoms with Crippen molar-refractivity contribution < 1.29 is 19.4 Å². The Kier molecular flexibility index (Phi) is 7.07. The lowest BCUT2D eigenvalue weighted by Gasteiger charge is -2.26. The van der Waals surface area contributed by atoms with E-state index in [9.17, 15) is 9.90 Å². The molecule has 0 spiro atoms. The number of esters is 1. The second kappa shape index (κ2) is 9.29. The van der Waals surface area contributed by atoms with Gasteiger partial charge in [-0.05, 0) is 43.7 Å². The van der Waals surface area contributed by atoms with Crippen LogP contribution in [-0.2, 0) is 16.0 Å². The number of carbonyl (C=O) groups excluding carboxylic acids is 1. The van der Waals surface area contributed by atoms with E-state index in [1.165, 1.54) is 32.1 Å². The van der Waals surface area contributed by atoms with Gasteiger partial charge in [-0.3, -0.25) is 4.79 Å². The number of hydrogen-bond donors (Lipinski definition) is 1. The van der Waals surface area contributed by atoms with Gasteiger partial charge >= 0.3 is 5.97 Å². The molecule has 1 N–H and O–H groups in total. The van der Waals surface area contributed by atoms with Crippen LogP contribution >= 0.6 is 23.2 Å². The third-order valence-corrected chi connectivity index (χ3v) is 5.83. The lowest BCUT2D eigenvalue weighted by Crippen LogP contribution is -2.32. The van der Waals surface area contributed by atoms with Gasteiger partial charge in [-0.1, -0.05) is 42.5 Å². The van der Waals surface area contributed by atoms with Crippen molar-refractivity contribution in [2.24, 2.45) is 5.92 Å². The average Bonchev–Trinajstić information content (AvgIpc) is 2.59. The van der Waals surface area contributed by atoms with Crippen LogP contribution in [0.3, 0.4) is 0 Å². The van der Waals surface area contributed by atoms with E-state index in [1.807, 2.05) is 6.07 Å². The molecule has 1 unspecified atom stereocenters. The van der Waals surface area contributed by atoms with Crippen LogP contribution in [0.5, 0.6) is 5.75 Å². The van der Waals surface area contributed by atoms with E-state index in [1.54, 1.807) is 6.07 Å². The third-order valence-electron chi connectivity index (χ3n) is 5.27. The Hall–Kier alpha value is -0.970. The van der Waals surface area contributed by atoms with Gasteiger partial charge in [0.2, 0.25) is 0 Å². The topological polar surface area (TPSA) is 55.8 Å². The Morgan fingerprint density at radius 1 is 1.19 bits per heavy atom. The van der Waals surface area contributed by atoms with E-state index < -0.39 is 6.10 Å². The number of aliphatic hydroxyl groups is 1. The Balaban J connectivity index is 1.64. The van der Waals surface area contributed by atoms with E-state index in [4.69, 9.17) is 32.7 Å². The molecule has 1 aliphatic heterocycles. The smallest absolute Gasteiger partial charge is 0.308 e. The predicted molar refractivity (Wildman–Crippen MR) is 102 cm³/mol. The average molecular weight is 401 g/mol. The summed E-state index contributed by atoms with van der Waals surface area (Å²) in [6, 6.07) is 3.53. The lowest BCUT2D eigenvalue weighted by atomic mass is 9.90. The largest absolute Gasteiger partial charge is 0.493 e. The number of ether oxygens (including phenoxy) is 2. The summed E-state index contributed by atoms with van der Waals surface area (Å²) in [5.41, 5.74) is 0.892. The zero-order valence-electron chi connectivity index (χ0n) is 14.9. The fourth-order valence-electron chi connectivity index (χ4n) is 3.86. The van der Waals surface area contributed by atoms with Gasteiger partial charge in [0.05, 0.1) is 19.1 Å². The van der Waals surface area contributed by atoms with E-state index in [2.05, 4.69) is 0 Å². The van der Waals surface area contributed by atoms with Gasteiger partial charge in [0.1, 0.15) is 11.9 Å². The Labute approximate surface area is 164 Å². The molecule has 0 aromatic heterocycles. The fraction of sp³-hybridized carbons (Fsp3) is 0.650. The quantitative estimate of drug-likeness (QED) is 0.686. The van der Waals surface area contributed by atoms with E-state index in [0.717, 1.165) is 11.3 Å². The summed E-state index contributed by atoms with van der Waals surface area (Å²) in [7, 11) is 0. The molecule has 3 rings (SSSR count). The third kappa shape index (κ3) is 5.51. The SMILES string of the molecule is O=C1C[C@H](O)CC(CCc2c(Cl)cc(Cl)cc2OCC2CCCCC2)O1. The lowest BCUT2D eigenvalue weighted by molar-refractivity contribution is -0.160. The predicted octanol–water partition coefficient (Wildman–Crippen LogP) is 4.95. The van der Waals surface area contributed by atoms with Crippen molar-refractivity contribution in [1.29, 1.82) is 0 Å². The summed E-state index contributed by atoms with van der Waals surface area (Å²) in [5.74, 6) is 0.962. The number of cyclic esters (lactones) is 1. The number of rotatable bonds is 6. The maximum absolute atomic E-state index is 11.5. The highest BCUT2D eigenvalue weighted by atomic mass is 35.5. The molecule has 2 aliphatic rings. The van der Waals surface area contributed by atoms with Crippen molar-refractivity contribution in [3.05, 3.63) is 27.7 Å². The fourth-order valence-corrected chi connectivity index (χ4v) is 4.43. The first-order valence-corrected chi connectivity index (χ1v) is 10.2. The van der Waals surface area contributed by atoms with E-state index in [0.29, 0.717) is 41.8 Å². The number of halogens is 2. The summed E-state index contributed by atoms with van der Waals surface area (Å²) in [6.07, 6.45) is 7.12. The second-order valence-corrected chi connectivity index (χ2v) is 8.27. The molecule has 0 radical (unpaired) electrons. The molecule has 144 valence electrons. The maximum Gasteiger partial charge on any atom is 0.308 e. The molecule has 6 heteroatoms. The molecule has 0 bridgehead atoms. The molecule has 1 aliphatic carbocycles. The molecular weight excluding hydrogens is 375 g/mol. The number of hydrogen-bond acceptors (Lipinski definition) is 4. The van der Waals surface area contributed by atoms with Gasteiger partial charge < -0.3 is 14.6 Å². The first-order valence-electron chi connectivity index (χ1n) is 9.49. The highest BCUT2D eigenvalue weighted by Gasteiger charge is 2.27. The second-order valence-electron chi connectivity index (χ2n) is 7.42. The molecule has 1 saturated carbocycles. The van der Waals surface area contributed by atoms with Crippen molar-refractivity contribution in [3.63, 3.8) is 0 Å². The summed E-state index contributed by atoms with van der Waals surface area (Å²) in [4.78, 5) is 11.5. The zero-order valence-corrected chi connectivity index (χ0v) is 16.4. The van der Waals surface area contributed by atoms with Gasteiger partial charge in [0.15, 0.2) is 0 Å². The summed E-state index contributed by atoms with van der Waals surface area (Å²) in [6.45, 7) is 0.681. The normalized spacial score (nSPS) is 24.3. The molecule has 4 nitrogen and oxygen atoms in total. The van der Waals surface area contributed by atoms with Gasteiger partial charge in [-0.15, -0.1) is 0 Å².